The molecule has 0 aliphatic carbocycles. The summed E-state index contributed by atoms with van der Waals surface area (Å²) in [6, 6.07) is 3.99. The lowest BCUT2D eigenvalue weighted by Gasteiger charge is -2.28. The fraction of sp³-hybridized carbons (Fsp3) is 0.619. The van der Waals surface area contributed by atoms with Crippen LogP contribution in [0.5, 0.6) is 0 Å². The highest BCUT2D eigenvalue weighted by Crippen LogP contribution is 2.46. The Morgan fingerprint density at radius 2 is 1.55 bits per heavy atom. The minimum atomic E-state index is -4.43. The number of rotatable bonds is 10. The fourth-order valence-electron chi connectivity index (χ4n) is 2.61. The molecule has 1 amide bonds. The Bertz CT molecular complexity index is 713. The van der Waals surface area contributed by atoms with E-state index in [4.69, 9.17) is 13.8 Å². The molecule has 176 valence electrons. The first kappa shape index (κ1) is 27.3. The number of esters is 1. The van der Waals surface area contributed by atoms with E-state index < -0.39 is 49.3 Å². The molecule has 1 aromatic rings. The lowest BCUT2D eigenvalue weighted by Crippen LogP contribution is -2.36. The van der Waals surface area contributed by atoms with Gasteiger partial charge in [-0.15, -0.1) is 0 Å². The first-order valence-electron chi connectivity index (χ1n) is 10.0. The zero-order valence-electron chi connectivity index (χ0n) is 18.7. The second kappa shape index (κ2) is 11.8. The van der Waals surface area contributed by atoms with E-state index in [1.54, 1.807) is 41.5 Å². The van der Waals surface area contributed by atoms with E-state index in [0.29, 0.717) is 18.8 Å². The minimum absolute atomic E-state index is 0.231. The predicted molar refractivity (Wildman–Crippen MR) is 112 cm³/mol. The van der Waals surface area contributed by atoms with E-state index in [2.05, 4.69) is 5.32 Å². The quantitative estimate of drug-likeness (QED) is 0.372. The van der Waals surface area contributed by atoms with Gasteiger partial charge in [0.2, 0.25) is 5.91 Å². The Morgan fingerprint density at radius 3 is 1.97 bits per heavy atom. The number of alkyl halides is 3. The van der Waals surface area contributed by atoms with E-state index in [1.165, 1.54) is 12.1 Å². The molecule has 10 heteroatoms. The molecular formula is C21H31F3NO5P. The van der Waals surface area contributed by atoms with E-state index in [1.807, 2.05) is 0 Å². The SMILES string of the molecule is CCOP(OCC)C(CC(=O)NC(C)c1ccc(C(F)(F)F)cc1)C(=O)OC(C)(C)C. The van der Waals surface area contributed by atoms with Crippen LogP contribution in [0.1, 0.15) is 65.1 Å². The third-order valence-electron chi connectivity index (χ3n) is 3.94. The number of carbonyl (C=O) groups is 2. The van der Waals surface area contributed by atoms with Gasteiger partial charge in [0.05, 0.1) is 24.8 Å². The molecule has 31 heavy (non-hydrogen) atoms. The Labute approximate surface area is 182 Å². The summed E-state index contributed by atoms with van der Waals surface area (Å²) in [4.78, 5) is 25.4. The van der Waals surface area contributed by atoms with Crippen molar-refractivity contribution in [2.75, 3.05) is 13.2 Å². The summed E-state index contributed by atoms with van der Waals surface area (Å²) in [6.45, 7) is 10.9. The van der Waals surface area contributed by atoms with Gasteiger partial charge in [-0.25, -0.2) is 0 Å². The summed E-state index contributed by atoms with van der Waals surface area (Å²) < 4.78 is 54.8. The number of hydrogen-bond acceptors (Lipinski definition) is 5. The Morgan fingerprint density at radius 1 is 1.03 bits per heavy atom. The third kappa shape index (κ3) is 9.54. The predicted octanol–water partition coefficient (Wildman–Crippen LogP) is 5.37. The molecule has 6 nitrogen and oxygen atoms in total. The van der Waals surface area contributed by atoms with Crippen LogP contribution in [0.15, 0.2) is 24.3 Å². The van der Waals surface area contributed by atoms with Crippen molar-refractivity contribution in [3.8, 4) is 0 Å². The zero-order valence-corrected chi connectivity index (χ0v) is 19.6. The first-order valence-corrected chi connectivity index (χ1v) is 11.3. The zero-order chi connectivity index (χ0) is 23.8. The molecule has 2 atom stereocenters. The van der Waals surface area contributed by atoms with E-state index in [9.17, 15) is 22.8 Å². The molecule has 1 aromatic carbocycles. The summed E-state index contributed by atoms with van der Waals surface area (Å²) in [5.41, 5.74) is -1.95. The van der Waals surface area contributed by atoms with Gasteiger partial charge in [0.15, 0.2) is 8.38 Å². The number of carbonyl (C=O) groups excluding carboxylic acids is 2. The molecule has 2 unspecified atom stereocenters. The van der Waals surface area contributed by atoms with Gasteiger partial charge in [0.25, 0.3) is 0 Å². The van der Waals surface area contributed by atoms with Crippen molar-refractivity contribution < 1.29 is 36.5 Å². The van der Waals surface area contributed by atoms with Crippen LogP contribution >= 0.6 is 8.38 Å². The van der Waals surface area contributed by atoms with E-state index >= 15 is 0 Å². The number of benzene rings is 1. The van der Waals surface area contributed by atoms with Crippen LogP contribution in [0.2, 0.25) is 0 Å². The number of nitrogens with one attached hydrogen (secondary N) is 1. The van der Waals surface area contributed by atoms with Crippen molar-refractivity contribution >= 4 is 20.3 Å². The first-order chi connectivity index (χ1) is 14.3. The van der Waals surface area contributed by atoms with Gasteiger partial charge in [-0.3, -0.25) is 9.59 Å². The lowest BCUT2D eigenvalue weighted by atomic mass is 10.1. The molecule has 1 N–H and O–H groups in total. The second-order valence-electron chi connectivity index (χ2n) is 7.78. The molecule has 0 saturated carbocycles. The third-order valence-corrected chi connectivity index (χ3v) is 5.87. The minimum Gasteiger partial charge on any atom is -0.459 e. The van der Waals surface area contributed by atoms with Gasteiger partial charge in [-0.05, 0) is 59.2 Å². The monoisotopic (exact) mass is 465 g/mol. The topological polar surface area (TPSA) is 73.9 Å². The fourth-order valence-corrected chi connectivity index (χ4v) is 4.09. The van der Waals surface area contributed by atoms with Crippen LogP contribution in [0.3, 0.4) is 0 Å². The Kier molecular flexibility index (Phi) is 10.4. The second-order valence-corrected chi connectivity index (χ2v) is 9.49. The normalized spacial score (nSPS) is 14.3. The van der Waals surface area contributed by atoms with Crippen molar-refractivity contribution in [2.24, 2.45) is 0 Å². The molecule has 0 aliphatic rings. The van der Waals surface area contributed by atoms with Gasteiger partial charge in [-0.1, -0.05) is 12.1 Å². The Hall–Kier alpha value is -1.70. The highest BCUT2D eigenvalue weighted by atomic mass is 31.2. The van der Waals surface area contributed by atoms with Gasteiger partial charge in [0.1, 0.15) is 11.3 Å². The van der Waals surface area contributed by atoms with Crippen LogP contribution < -0.4 is 5.32 Å². The molecule has 0 aliphatic heterocycles. The van der Waals surface area contributed by atoms with Gasteiger partial charge in [0, 0.05) is 6.42 Å². The molecular weight excluding hydrogens is 434 g/mol. The van der Waals surface area contributed by atoms with Crippen molar-refractivity contribution in [1.82, 2.24) is 5.32 Å². The molecule has 1 rings (SSSR count). The van der Waals surface area contributed by atoms with Crippen molar-refractivity contribution in [1.29, 1.82) is 0 Å². The lowest BCUT2D eigenvalue weighted by molar-refractivity contribution is -0.155. The van der Waals surface area contributed by atoms with Crippen LogP contribution in [-0.2, 0) is 29.5 Å². The number of ether oxygens (including phenoxy) is 1. The Balaban J connectivity index is 2.92. The summed E-state index contributed by atoms with van der Waals surface area (Å²) in [5.74, 6) is -1.06. The average molecular weight is 465 g/mol. The van der Waals surface area contributed by atoms with Gasteiger partial charge in [-0.2, -0.15) is 13.2 Å². The smallest absolute Gasteiger partial charge is 0.416 e. The van der Waals surface area contributed by atoms with Crippen LogP contribution in [0.4, 0.5) is 13.2 Å². The maximum Gasteiger partial charge on any atom is 0.416 e. The molecule has 0 spiro atoms. The van der Waals surface area contributed by atoms with Crippen LogP contribution in [-0.4, -0.2) is 36.4 Å². The van der Waals surface area contributed by atoms with Crippen molar-refractivity contribution in [3.05, 3.63) is 35.4 Å². The van der Waals surface area contributed by atoms with Crippen LogP contribution in [0.25, 0.3) is 0 Å². The molecule has 0 heterocycles. The van der Waals surface area contributed by atoms with Gasteiger partial charge >= 0.3 is 12.1 Å². The van der Waals surface area contributed by atoms with E-state index in [0.717, 1.165) is 12.1 Å². The number of amides is 1. The molecule has 0 radical (unpaired) electrons. The summed E-state index contributed by atoms with van der Waals surface area (Å²) in [6.07, 6.45) is -4.66. The molecule has 0 bridgehead atoms. The molecule has 0 saturated heterocycles. The van der Waals surface area contributed by atoms with Crippen LogP contribution in [0, 0.1) is 0 Å². The maximum atomic E-state index is 12.7. The number of halogens is 3. The molecule has 0 aromatic heterocycles. The average Bonchev–Trinajstić information content (AvgIpc) is 2.64. The summed E-state index contributed by atoms with van der Waals surface area (Å²) >= 11 is 0. The van der Waals surface area contributed by atoms with Crippen molar-refractivity contribution in [3.63, 3.8) is 0 Å². The summed E-state index contributed by atoms with van der Waals surface area (Å²) in [5, 5.41) is 2.71. The van der Waals surface area contributed by atoms with Crippen molar-refractivity contribution in [2.45, 2.75) is 71.4 Å². The number of hydrogen-bond donors (Lipinski definition) is 1. The van der Waals surface area contributed by atoms with Gasteiger partial charge < -0.3 is 19.1 Å². The highest BCUT2D eigenvalue weighted by Gasteiger charge is 2.36. The maximum absolute atomic E-state index is 12.7. The summed E-state index contributed by atoms with van der Waals surface area (Å²) in [7, 11) is -1.71. The standard InChI is InChI=1S/C21H31F3NO5P/c1-7-28-31(29-8-2)17(19(27)30-20(4,5)6)13-18(26)25-14(3)15-9-11-16(12-10-15)21(22,23)24/h9-12,14,17H,7-8,13H2,1-6H3,(H,25,26). The van der Waals surface area contributed by atoms with E-state index in [-0.39, 0.29) is 6.42 Å². The highest BCUT2D eigenvalue weighted by molar-refractivity contribution is 7.49. The largest absolute Gasteiger partial charge is 0.459 e. The molecule has 0 fully saturated rings.